The summed E-state index contributed by atoms with van der Waals surface area (Å²) in [7, 11) is 0. The number of aryl methyl sites for hydroxylation is 1. The molecule has 5 heteroatoms. The minimum absolute atomic E-state index is 0.228. The molecule has 0 saturated carbocycles. The number of hydrogen-bond donors (Lipinski definition) is 1. The first-order valence-electron chi connectivity index (χ1n) is 6.59. The molecule has 0 aliphatic heterocycles. The molecule has 108 valence electrons. The molecule has 0 atom stereocenters. The molecule has 0 fully saturated rings. The lowest BCUT2D eigenvalue weighted by Gasteiger charge is -2.04. The van der Waals surface area contributed by atoms with E-state index in [1.807, 2.05) is 0 Å². The summed E-state index contributed by atoms with van der Waals surface area (Å²) in [5, 5.41) is 3.19. The smallest absolute Gasteiger partial charge is 0.208 e. The Morgan fingerprint density at radius 3 is 2.70 bits per heavy atom. The predicted octanol–water partition coefficient (Wildman–Crippen LogP) is 3.67. The van der Waals surface area contributed by atoms with Crippen LogP contribution >= 0.6 is 0 Å². The molecule has 2 aromatic rings. The Hall–Kier alpha value is -1.75. The van der Waals surface area contributed by atoms with Crippen LogP contribution in [-0.2, 0) is 6.54 Å². The maximum Gasteiger partial charge on any atom is 0.208 e. The fraction of sp³-hybridized carbons (Fsp3) is 0.400. The van der Waals surface area contributed by atoms with Gasteiger partial charge in [-0.15, -0.1) is 0 Å². The molecular weight excluding hydrogens is 262 g/mol. The van der Waals surface area contributed by atoms with E-state index in [0.717, 1.165) is 12.6 Å². The minimum atomic E-state index is -0.647. The highest BCUT2D eigenvalue weighted by Crippen LogP contribution is 2.26. The minimum Gasteiger partial charge on any atom is -0.439 e. The average molecular weight is 280 g/mol. The van der Waals surface area contributed by atoms with Gasteiger partial charge >= 0.3 is 0 Å². The van der Waals surface area contributed by atoms with E-state index in [1.165, 1.54) is 12.3 Å². The Balaban J connectivity index is 2.14. The van der Waals surface area contributed by atoms with Crippen LogP contribution < -0.4 is 5.32 Å². The van der Waals surface area contributed by atoms with Crippen LogP contribution in [0.3, 0.4) is 0 Å². The first kappa shape index (κ1) is 14.7. The topological polar surface area (TPSA) is 38.1 Å². The summed E-state index contributed by atoms with van der Waals surface area (Å²) in [6.07, 6.45) is 1.46. The van der Waals surface area contributed by atoms with E-state index in [0.29, 0.717) is 29.7 Å². The second kappa shape index (κ2) is 6.13. The zero-order valence-electron chi connectivity index (χ0n) is 11.8. The maximum absolute atomic E-state index is 13.7. The van der Waals surface area contributed by atoms with E-state index in [1.54, 1.807) is 6.92 Å². The molecule has 0 spiro atoms. The van der Waals surface area contributed by atoms with Crippen molar-refractivity contribution in [1.29, 1.82) is 0 Å². The van der Waals surface area contributed by atoms with Crippen LogP contribution in [0.5, 0.6) is 0 Å². The highest BCUT2D eigenvalue weighted by atomic mass is 19.1. The van der Waals surface area contributed by atoms with E-state index in [2.05, 4.69) is 24.1 Å². The van der Waals surface area contributed by atoms with Crippen molar-refractivity contribution >= 4 is 0 Å². The molecule has 0 aliphatic rings. The largest absolute Gasteiger partial charge is 0.439 e. The Kier molecular flexibility index (Phi) is 4.49. The van der Waals surface area contributed by atoms with Crippen LogP contribution in [0.2, 0.25) is 0 Å². The zero-order chi connectivity index (χ0) is 14.7. The summed E-state index contributed by atoms with van der Waals surface area (Å²) in [5.74, 6) is 0.117. The van der Waals surface area contributed by atoms with Gasteiger partial charge in [-0.1, -0.05) is 13.8 Å². The predicted molar refractivity (Wildman–Crippen MR) is 73.1 cm³/mol. The van der Waals surface area contributed by atoms with Crippen LogP contribution in [0.1, 0.15) is 25.3 Å². The highest BCUT2D eigenvalue weighted by molar-refractivity contribution is 5.58. The number of oxazole rings is 1. The molecule has 3 nitrogen and oxygen atoms in total. The van der Waals surface area contributed by atoms with Crippen molar-refractivity contribution < 1.29 is 13.2 Å². The number of aromatic nitrogens is 1. The van der Waals surface area contributed by atoms with Crippen LogP contribution in [0.25, 0.3) is 11.3 Å². The molecule has 0 radical (unpaired) electrons. The molecule has 1 N–H and O–H groups in total. The molecule has 0 aliphatic carbocycles. The van der Waals surface area contributed by atoms with Gasteiger partial charge in [-0.25, -0.2) is 13.8 Å². The van der Waals surface area contributed by atoms with Crippen LogP contribution in [0, 0.1) is 24.5 Å². The quantitative estimate of drug-likeness (QED) is 0.908. The SMILES string of the molecule is Cc1cc(-c2cnc(CNCC(C)C)o2)c(F)cc1F. The van der Waals surface area contributed by atoms with Gasteiger partial charge in [-0.05, 0) is 31.0 Å². The van der Waals surface area contributed by atoms with Gasteiger partial charge in [0.05, 0.1) is 18.3 Å². The molecule has 0 bridgehead atoms. The monoisotopic (exact) mass is 280 g/mol. The van der Waals surface area contributed by atoms with E-state index in [-0.39, 0.29) is 5.56 Å². The summed E-state index contributed by atoms with van der Waals surface area (Å²) in [6.45, 7) is 7.12. The number of nitrogens with one attached hydrogen (secondary N) is 1. The normalized spacial score (nSPS) is 11.3. The van der Waals surface area contributed by atoms with E-state index < -0.39 is 11.6 Å². The second-order valence-electron chi connectivity index (χ2n) is 5.22. The van der Waals surface area contributed by atoms with Crippen molar-refractivity contribution in [1.82, 2.24) is 10.3 Å². The maximum atomic E-state index is 13.7. The molecule has 1 aromatic carbocycles. The van der Waals surface area contributed by atoms with Crippen molar-refractivity contribution in [3.05, 3.63) is 41.4 Å². The van der Waals surface area contributed by atoms with Gasteiger partial charge in [0.2, 0.25) is 5.89 Å². The summed E-state index contributed by atoms with van der Waals surface area (Å²) in [4.78, 5) is 4.09. The first-order valence-corrected chi connectivity index (χ1v) is 6.59. The lowest BCUT2D eigenvalue weighted by Crippen LogP contribution is -2.18. The number of halogens is 2. The molecule has 2 rings (SSSR count). The molecule has 1 aromatic heterocycles. The fourth-order valence-corrected chi connectivity index (χ4v) is 1.83. The standard InChI is InChI=1S/C15H18F2N2O/c1-9(2)6-18-8-15-19-7-14(20-15)11-4-10(3)12(16)5-13(11)17/h4-5,7,9,18H,6,8H2,1-3H3. The molecule has 0 saturated heterocycles. The van der Waals surface area contributed by atoms with Crippen molar-refractivity contribution in [2.75, 3.05) is 6.54 Å². The average Bonchev–Trinajstić information content (AvgIpc) is 2.82. The zero-order valence-corrected chi connectivity index (χ0v) is 11.8. The summed E-state index contributed by atoms with van der Waals surface area (Å²) < 4.78 is 32.5. The van der Waals surface area contributed by atoms with Crippen molar-refractivity contribution in [3.63, 3.8) is 0 Å². The van der Waals surface area contributed by atoms with Crippen molar-refractivity contribution in [2.45, 2.75) is 27.3 Å². The van der Waals surface area contributed by atoms with Gasteiger partial charge in [0.15, 0.2) is 5.76 Å². The van der Waals surface area contributed by atoms with Crippen LogP contribution in [0.4, 0.5) is 8.78 Å². The Bertz CT molecular complexity index is 594. The first-order chi connectivity index (χ1) is 9.47. The molecule has 20 heavy (non-hydrogen) atoms. The molecular formula is C15H18F2N2O. The third-order valence-corrected chi connectivity index (χ3v) is 2.90. The Morgan fingerprint density at radius 2 is 2.00 bits per heavy atom. The third-order valence-electron chi connectivity index (χ3n) is 2.90. The van der Waals surface area contributed by atoms with Gasteiger partial charge in [0, 0.05) is 6.07 Å². The number of hydrogen-bond acceptors (Lipinski definition) is 3. The van der Waals surface area contributed by atoms with Gasteiger partial charge in [-0.2, -0.15) is 0 Å². The third kappa shape index (κ3) is 3.42. The Morgan fingerprint density at radius 1 is 1.25 bits per heavy atom. The number of nitrogens with zero attached hydrogens (tertiary/aromatic N) is 1. The van der Waals surface area contributed by atoms with Crippen LogP contribution in [0.15, 0.2) is 22.7 Å². The lowest BCUT2D eigenvalue weighted by molar-refractivity contribution is 0.457. The second-order valence-corrected chi connectivity index (χ2v) is 5.22. The lowest BCUT2D eigenvalue weighted by atomic mass is 10.1. The summed E-state index contributed by atoms with van der Waals surface area (Å²) >= 11 is 0. The Labute approximate surface area is 117 Å². The van der Waals surface area contributed by atoms with Crippen LogP contribution in [-0.4, -0.2) is 11.5 Å². The van der Waals surface area contributed by atoms with Gasteiger partial charge in [-0.3, -0.25) is 0 Å². The summed E-state index contributed by atoms with van der Waals surface area (Å²) in [5.41, 5.74) is 0.601. The number of benzene rings is 1. The van der Waals surface area contributed by atoms with Gasteiger partial charge in [0.25, 0.3) is 0 Å². The van der Waals surface area contributed by atoms with Gasteiger partial charge < -0.3 is 9.73 Å². The fourth-order valence-electron chi connectivity index (χ4n) is 1.83. The van der Waals surface area contributed by atoms with Crippen molar-refractivity contribution in [3.8, 4) is 11.3 Å². The van der Waals surface area contributed by atoms with E-state index >= 15 is 0 Å². The molecule has 0 unspecified atom stereocenters. The number of rotatable bonds is 5. The molecule has 1 heterocycles. The van der Waals surface area contributed by atoms with Crippen molar-refractivity contribution in [2.24, 2.45) is 5.92 Å². The summed E-state index contributed by atoms with van der Waals surface area (Å²) in [6, 6.07) is 2.29. The van der Waals surface area contributed by atoms with E-state index in [9.17, 15) is 8.78 Å². The highest BCUT2D eigenvalue weighted by Gasteiger charge is 2.13. The van der Waals surface area contributed by atoms with E-state index in [4.69, 9.17) is 4.42 Å². The van der Waals surface area contributed by atoms with Gasteiger partial charge in [0.1, 0.15) is 11.6 Å². The molecule has 0 amide bonds.